The van der Waals surface area contributed by atoms with Crippen molar-refractivity contribution in [2.45, 2.75) is 57.8 Å². The van der Waals surface area contributed by atoms with Gasteiger partial charge in [-0.2, -0.15) is 22.0 Å². The minimum atomic E-state index is -4.56. The van der Waals surface area contributed by atoms with Gasteiger partial charge in [0, 0.05) is 11.1 Å². The van der Waals surface area contributed by atoms with Crippen molar-refractivity contribution in [3.8, 4) is 18.1 Å². The molecule has 0 N–H and O–H groups in total. The second kappa shape index (κ2) is 11.8. The van der Waals surface area contributed by atoms with Gasteiger partial charge in [0.25, 0.3) is 5.66 Å². The average molecular weight is 497 g/mol. The van der Waals surface area contributed by atoms with Crippen LogP contribution in [0.15, 0.2) is 43.0 Å². The number of allylic oxidation sites excluding steroid dienone is 1. The molecule has 184 valence electrons. The van der Waals surface area contributed by atoms with E-state index >= 15 is 0 Å². The van der Waals surface area contributed by atoms with Crippen molar-refractivity contribution in [1.82, 2.24) is 0 Å². The molecule has 34 heavy (non-hydrogen) atoms. The second-order valence-corrected chi connectivity index (χ2v) is 9.21. The lowest BCUT2D eigenvalue weighted by molar-refractivity contribution is -0.137. The summed E-state index contributed by atoms with van der Waals surface area (Å²) in [4.78, 5) is 0. The minimum absolute atomic E-state index is 0.0584. The number of benzene rings is 2. The van der Waals surface area contributed by atoms with Crippen LogP contribution in [0.3, 0.4) is 0 Å². The molecule has 0 amide bonds. The van der Waals surface area contributed by atoms with Gasteiger partial charge in [0.15, 0.2) is 0 Å². The summed E-state index contributed by atoms with van der Waals surface area (Å²) in [5, 5.41) is 0. The van der Waals surface area contributed by atoms with Crippen LogP contribution in [0.1, 0.15) is 67.3 Å². The first-order valence-electron chi connectivity index (χ1n) is 11.1. The summed E-state index contributed by atoms with van der Waals surface area (Å²) in [6.07, 6.45) is 4.47. The molecule has 0 aliphatic carbocycles. The summed E-state index contributed by atoms with van der Waals surface area (Å²) >= 11 is 0. The molecule has 0 heterocycles. The van der Waals surface area contributed by atoms with E-state index in [1.807, 2.05) is 12.0 Å². The Kier molecular flexibility index (Phi) is 9.71. The monoisotopic (exact) mass is 496 g/mol. The molecule has 0 spiro atoms. The highest BCUT2D eigenvalue weighted by molar-refractivity contribution is 7.17. The van der Waals surface area contributed by atoms with Gasteiger partial charge in [-0.15, -0.1) is 6.42 Å². The molecule has 1 nitrogen and oxygen atoms in total. The predicted molar refractivity (Wildman–Crippen MR) is 131 cm³/mol. The first kappa shape index (κ1) is 27.9. The second-order valence-electron chi connectivity index (χ2n) is 8.48. The van der Waals surface area contributed by atoms with Gasteiger partial charge in [0.2, 0.25) is 0 Å². The molecule has 2 rings (SSSR count). The predicted octanol–water partition coefficient (Wildman–Crippen LogP) is 8.46. The lowest BCUT2D eigenvalue weighted by atomic mass is 9.89. The molecule has 0 fully saturated rings. The van der Waals surface area contributed by atoms with Crippen molar-refractivity contribution < 1.29 is 26.7 Å². The van der Waals surface area contributed by atoms with E-state index in [2.05, 4.69) is 13.5 Å². The topological polar surface area (TPSA) is 9.23 Å². The van der Waals surface area contributed by atoms with Crippen molar-refractivity contribution >= 4 is 14.8 Å². The third-order valence-corrected chi connectivity index (χ3v) is 5.91. The van der Waals surface area contributed by atoms with Gasteiger partial charge < -0.3 is 4.74 Å². The summed E-state index contributed by atoms with van der Waals surface area (Å²) in [5.74, 6) is 2.40. The molecule has 0 saturated heterocycles. The minimum Gasteiger partial charge on any atom is -0.494 e. The maximum absolute atomic E-state index is 14.1. The van der Waals surface area contributed by atoms with Gasteiger partial charge in [-0.05, 0) is 67.5 Å². The Balaban J connectivity index is 2.03. The zero-order valence-corrected chi connectivity index (χ0v) is 20.6. The highest BCUT2D eigenvalue weighted by Gasteiger charge is 2.33. The smallest absolute Gasteiger partial charge is 0.417 e. The van der Waals surface area contributed by atoms with Gasteiger partial charge >= 0.3 is 6.18 Å². The third-order valence-electron chi connectivity index (χ3n) is 5.60. The van der Waals surface area contributed by atoms with Gasteiger partial charge in [0.1, 0.15) is 5.75 Å². The van der Waals surface area contributed by atoms with E-state index < -0.39 is 17.4 Å². The highest BCUT2D eigenvalue weighted by atomic mass is 31.0. The first-order valence-corrected chi connectivity index (χ1v) is 11.7. The summed E-state index contributed by atoms with van der Waals surface area (Å²) in [6, 6.07) is 8.67. The van der Waals surface area contributed by atoms with Crippen LogP contribution < -0.4 is 4.74 Å². The Hall–Kier alpha value is -2.38. The zero-order valence-electron chi connectivity index (χ0n) is 19.4. The van der Waals surface area contributed by atoms with Crippen molar-refractivity contribution in [3.63, 3.8) is 0 Å². The molecule has 2 unspecified atom stereocenters. The number of ether oxygens (including phenoxy) is 1. The fourth-order valence-electron chi connectivity index (χ4n) is 3.99. The molecule has 0 aromatic heterocycles. The number of alkyl halides is 5. The summed E-state index contributed by atoms with van der Waals surface area (Å²) in [6.45, 7) is 7.80. The molecular weight excluding hydrogens is 466 g/mol. The van der Waals surface area contributed by atoms with Crippen LogP contribution in [0.5, 0.6) is 5.75 Å². The van der Waals surface area contributed by atoms with Crippen LogP contribution in [0, 0.1) is 18.3 Å². The standard InChI is InChI=1S/C27H30F5OP/c1-5-8-19(15-20-10-13-23(18(3)4)25(16-20)27(31,32)34)9-7-14-33-22-12-11-21(6-2)24(17-22)26(28,29)30/h2,10-13,16-17,19H,3,5,7-9,14-15,34H2,1,4H3. The Labute approximate surface area is 201 Å². The lowest BCUT2D eigenvalue weighted by Crippen LogP contribution is -2.11. The van der Waals surface area contributed by atoms with Crippen LogP contribution in [-0.2, 0) is 18.3 Å². The van der Waals surface area contributed by atoms with Gasteiger partial charge in [-0.1, -0.05) is 59.2 Å². The molecule has 7 heteroatoms. The Morgan fingerprint density at radius 1 is 1.09 bits per heavy atom. The summed E-state index contributed by atoms with van der Waals surface area (Å²) < 4.78 is 73.3. The molecule has 0 saturated carbocycles. The first-order chi connectivity index (χ1) is 15.9. The summed E-state index contributed by atoms with van der Waals surface area (Å²) in [7, 11) is 1.59. The fourth-order valence-corrected chi connectivity index (χ4v) is 4.23. The third kappa shape index (κ3) is 7.84. The van der Waals surface area contributed by atoms with Gasteiger partial charge in [-0.3, -0.25) is 0 Å². The zero-order chi connectivity index (χ0) is 25.5. The Morgan fingerprint density at radius 3 is 2.35 bits per heavy atom. The molecular formula is C27H30F5OP. The molecule has 2 aromatic carbocycles. The molecule has 0 radical (unpaired) electrons. The largest absolute Gasteiger partial charge is 0.494 e. The maximum Gasteiger partial charge on any atom is 0.417 e. The average Bonchev–Trinajstić information content (AvgIpc) is 2.75. The Bertz CT molecular complexity index is 1030. The van der Waals surface area contributed by atoms with Crippen molar-refractivity contribution in [1.29, 1.82) is 0 Å². The Morgan fingerprint density at radius 2 is 1.79 bits per heavy atom. The molecule has 2 aromatic rings. The van der Waals surface area contributed by atoms with Crippen LogP contribution >= 0.6 is 9.24 Å². The number of hydrogen-bond donors (Lipinski definition) is 0. The quantitative estimate of drug-likeness (QED) is 0.131. The normalized spacial score (nSPS) is 12.8. The van der Waals surface area contributed by atoms with E-state index in [0.717, 1.165) is 30.9 Å². The van der Waals surface area contributed by atoms with Crippen molar-refractivity contribution in [2.24, 2.45) is 5.92 Å². The molecule has 0 aliphatic rings. The van der Waals surface area contributed by atoms with Crippen LogP contribution in [-0.4, -0.2) is 6.61 Å². The molecule has 0 aliphatic heterocycles. The van der Waals surface area contributed by atoms with E-state index in [-0.39, 0.29) is 29.4 Å². The maximum atomic E-state index is 14.1. The number of terminal acetylenes is 1. The fraction of sp³-hybridized carbons (Fsp3) is 0.407. The summed E-state index contributed by atoms with van der Waals surface area (Å²) in [5.41, 5.74) is -2.39. The molecule has 0 bridgehead atoms. The van der Waals surface area contributed by atoms with Gasteiger partial charge in [-0.25, -0.2) is 0 Å². The van der Waals surface area contributed by atoms with Crippen molar-refractivity contribution in [2.75, 3.05) is 6.61 Å². The van der Waals surface area contributed by atoms with E-state index in [4.69, 9.17) is 11.2 Å². The lowest BCUT2D eigenvalue weighted by Gasteiger charge is -2.20. The van der Waals surface area contributed by atoms with Crippen LogP contribution in [0.25, 0.3) is 5.57 Å². The molecule has 2 atom stereocenters. The van der Waals surface area contributed by atoms with E-state index in [1.165, 1.54) is 12.1 Å². The van der Waals surface area contributed by atoms with Crippen molar-refractivity contribution in [3.05, 3.63) is 70.8 Å². The SMILES string of the molecule is C#Cc1ccc(OCCCC(CCC)Cc2ccc(C(=C)C)c(C(F)(F)P)c2)cc1C(F)(F)F. The number of halogens is 5. The number of hydrogen-bond acceptors (Lipinski definition) is 1. The van der Waals surface area contributed by atoms with Crippen LogP contribution in [0.4, 0.5) is 22.0 Å². The van der Waals surface area contributed by atoms with Crippen LogP contribution in [0.2, 0.25) is 0 Å². The number of rotatable bonds is 11. The highest BCUT2D eigenvalue weighted by Crippen LogP contribution is 2.40. The van der Waals surface area contributed by atoms with Gasteiger partial charge in [0.05, 0.1) is 12.2 Å². The van der Waals surface area contributed by atoms with E-state index in [1.54, 1.807) is 28.3 Å². The van der Waals surface area contributed by atoms with E-state index in [9.17, 15) is 22.0 Å². The van der Waals surface area contributed by atoms with E-state index in [0.29, 0.717) is 24.0 Å².